The number of piperazine rings is 1. The van der Waals surface area contributed by atoms with Crippen LogP contribution >= 0.6 is 0 Å². The van der Waals surface area contributed by atoms with Gasteiger partial charge in [-0.05, 0) is 11.1 Å². The molecular formula is C22H30N2O2. The molecule has 0 saturated carbocycles. The minimum absolute atomic E-state index is 0.359. The molecule has 1 heterocycles. The van der Waals surface area contributed by atoms with E-state index >= 15 is 0 Å². The van der Waals surface area contributed by atoms with Gasteiger partial charge in [-0.2, -0.15) is 0 Å². The smallest absolute Gasteiger partial charge is 0.0630 e. The molecule has 0 aliphatic carbocycles. The molecule has 1 aliphatic rings. The van der Waals surface area contributed by atoms with Gasteiger partial charge in [0.1, 0.15) is 0 Å². The molecule has 1 aliphatic heterocycles. The van der Waals surface area contributed by atoms with Gasteiger partial charge in [0, 0.05) is 52.5 Å². The van der Waals surface area contributed by atoms with Gasteiger partial charge in [-0.25, -0.2) is 0 Å². The van der Waals surface area contributed by atoms with E-state index in [0.29, 0.717) is 12.1 Å². The van der Waals surface area contributed by atoms with E-state index in [-0.39, 0.29) is 0 Å². The third-order valence-electron chi connectivity index (χ3n) is 5.05. The van der Waals surface area contributed by atoms with Crippen molar-refractivity contribution in [2.75, 3.05) is 40.5 Å². The first-order valence-electron chi connectivity index (χ1n) is 9.34. The summed E-state index contributed by atoms with van der Waals surface area (Å²) in [5, 5.41) is 0. The van der Waals surface area contributed by atoms with Crippen LogP contribution in [0.2, 0.25) is 0 Å². The van der Waals surface area contributed by atoms with Gasteiger partial charge in [0.15, 0.2) is 0 Å². The molecule has 26 heavy (non-hydrogen) atoms. The normalized spacial score (nSPS) is 21.8. The lowest BCUT2D eigenvalue weighted by atomic mass is 10.0. The monoisotopic (exact) mass is 354 g/mol. The minimum Gasteiger partial charge on any atom is -0.383 e. The lowest BCUT2D eigenvalue weighted by Gasteiger charge is -2.46. The molecule has 0 unspecified atom stereocenters. The van der Waals surface area contributed by atoms with E-state index in [1.54, 1.807) is 14.2 Å². The van der Waals surface area contributed by atoms with Gasteiger partial charge in [-0.3, -0.25) is 9.80 Å². The maximum Gasteiger partial charge on any atom is 0.0630 e. The summed E-state index contributed by atoms with van der Waals surface area (Å²) in [5.74, 6) is 0. The molecule has 0 radical (unpaired) electrons. The Bertz CT molecular complexity index is 619. The number of benzene rings is 2. The Morgan fingerprint density at radius 1 is 0.731 bits per heavy atom. The largest absolute Gasteiger partial charge is 0.383 e. The molecule has 1 saturated heterocycles. The number of methoxy groups -OCH3 is 2. The van der Waals surface area contributed by atoms with Crippen LogP contribution in [0.25, 0.3) is 0 Å². The number of hydrogen-bond donors (Lipinski definition) is 0. The SMILES string of the molecule is COC[C@@H]1CN(Cc2ccccc2)C[C@H](COC)N1Cc1ccccc1. The Morgan fingerprint density at radius 2 is 1.19 bits per heavy atom. The van der Waals surface area contributed by atoms with Crippen molar-refractivity contribution in [3.05, 3.63) is 71.8 Å². The predicted molar refractivity (Wildman–Crippen MR) is 105 cm³/mol. The summed E-state index contributed by atoms with van der Waals surface area (Å²) in [7, 11) is 3.59. The maximum absolute atomic E-state index is 5.57. The summed E-state index contributed by atoms with van der Waals surface area (Å²) in [6.45, 7) is 5.39. The molecule has 3 rings (SSSR count). The number of hydrogen-bond acceptors (Lipinski definition) is 4. The maximum atomic E-state index is 5.57. The number of ether oxygens (including phenoxy) is 2. The second kappa shape index (κ2) is 9.83. The van der Waals surface area contributed by atoms with E-state index in [9.17, 15) is 0 Å². The van der Waals surface area contributed by atoms with Gasteiger partial charge < -0.3 is 9.47 Å². The highest BCUT2D eigenvalue weighted by Gasteiger charge is 2.34. The second-order valence-corrected chi connectivity index (χ2v) is 7.06. The van der Waals surface area contributed by atoms with Crippen molar-refractivity contribution < 1.29 is 9.47 Å². The first kappa shape index (κ1) is 19.1. The predicted octanol–water partition coefficient (Wildman–Crippen LogP) is 3.03. The Hall–Kier alpha value is -1.72. The third-order valence-corrected chi connectivity index (χ3v) is 5.05. The average Bonchev–Trinajstić information content (AvgIpc) is 2.66. The van der Waals surface area contributed by atoms with Gasteiger partial charge in [0.2, 0.25) is 0 Å². The fourth-order valence-electron chi connectivity index (χ4n) is 3.88. The molecule has 0 spiro atoms. The Morgan fingerprint density at radius 3 is 1.65 bits per heavy atom. The van der Waals surface area contributed by atoms with E-state index in [1.165, 1.54) is 11.1 Å². The molecule has 4 heteroatoms. The molecular weight excluding hydrogens is 324 g/mol. The first-order valence-corrected chi connectivity index (χ1v) is 9.34. The second-order valence-electron chi connectivity index (χ2n) is 7.06. The Balaban J connectivity index is 1.74. The Labute approximate surface area is 157 Å². The fourth-order valence-corrected chi connectivity index (χ4v) is 3.88. The molecule has 2 atom stereocenters. The van der Waals surface area contributed by atoms with Crippen molar-refractivity contribution in [3.63, 3.8) is 0 Å². The van der Waals surface area contributed by atoms with Crippen LogP contribution in [0.15, 0.2) is 60.7 Å². The highest BCUT2D eigenvalue weighted by Crippen LogP contribution is 2.21. The molecule has 4 nitrogen and oxygen atoms in total. The molecule has 0 amide bonds. The van der Waals surface area contributed by atoms with Crippen LogP contribution in [0.4, 0.5) is 0 Å². The van der Waals surface area contributed by atoms with Crippen molar-refractivity contribution in [1.82, 2.24) is 9.80 Å². The van der Waals surface area contributed by atoms with E-state index in [1.807, 2.05) is 0 Å². The molecule has 2 aromatic rings. The number of rotatable bonds is 8. The van der Waals surface area contributed by atoms with E-state index in [0.717, 1.165) is 39.4 Å². The van der Waals surface area contributed by atoms with Crippen molar-refractivity contribution in [1.29, 1.82) is 0 Å². The van der Waals surface area contributed by atoms with E-state index in [4.69, 9.17) is 9.47 Å². The lowest BCUT2D eigenvalue weighted by Crippen LogP contribution is -2.60. The van der Waals surface area contributed by atoms with Gasteiger partial charge in [-0.15, -0.1) is 0 Å². The standard InChI is InChI=1S/C22H30N2O2/c1-25-17-21-15-23(13-19-9-5-3-6-10-19)16-22(18-26-2)24(21)14-20-11-7-4-8-12-20/h3-12,21-22H,13-18H2,1-2H3/t21-,22+. The molecule has 140 valence electrons. The van der Waals surface area contributed by atoms with E-state index in [2.05, 4.69) is 70.5 Å². The molecule has 1 fully saturated rings. The minimum atomic E-state index is 0.359. The van der Waals surface area contributed by atoms with Crippen LogP contribution in [0.1, 0.15) is 11.1 Å². The summed E-state index contributed by atoms with van der Waals surface area (Å²) in [5.41, 5.74) is 2.70. The molecule has 0 aromatic heterocycles. The van der Waals surface area contributed by atoms with Crippen LogP contribution in [-0.4, -0.2) is 62.4 Å². The zero-order valence-electron chi connectivity index (χ0n) is 15.9. The van der Waals surface area contributed by atoms with Gasteiger partial charge in [0.25, 0.3) is 0 Å². The summed E-state index contributed by atoms with van der Waals surface area (Å²) >= 11 is 0. The van der Waals surface area contributed by atoms with Crippen molar-refractivity contribution >= 4 is 0 Å². The lowest BCUT2D eigenvalue weighted by molar-refractivity contribution is -0.0435. The van der Waals surface area contributed by atoms with Crippen LogP contribution in [0.5, 0.6) is 0 Å². The van der Waals surface area contributed by atoms with Crippen LogP contribution in [0.3, 0.4) is 0 Å². The summed E-state index contributed by atoms with van der Waals surface area (Å²) < 4.78 is 11.1. The van der Waals surface area contributed by atoms with E-state index < -0.39 is 0 Å². The zero-order valence-corrected chi connectivity index (χ0v) is 15.9. The van der Waals surface area contributed by atoms with Gasteiger partial charge in [0.05, 0.1) is 13.2 Å². The zero-order chi connectivity index (χ0) is 18.2. The summed E-state index contributed by atoms with van der Waals surface area (Å²) in [6.07, 6.45) is 0. The third kappa shape index (κ3) is 5.15. The molecule has 2 aromatic carbocycles. The van der Waals surface area contributed by atoms with Crippen molar-refractivity contribution in [3.8, 4) is 0 Å². The first-order chi connectivity index (χ1) is 12.8. The Kier molecular flexibility index (Phi) is 7.21. The molecule has 0 bridgehead atoms. The van der Waals surface area contributed by atoms with Gasteiger partial charge >= 0.3 is 0 Å². The average molecular weight is 354 g/mol. The highest BCUT2D eigenvalue weighted by molar-refractivity contribution is 5.16. The topological polar surface area (TPSA) is 24.9 Å². The quantitative estimate of drug-likeness (QED) is 0.727. The van der Waals surface area contributed by atoms with Crippen LogP contribution < -0.4 is 0 Å². The highest BCUT2D eigenvalue weighted by atomic mass is 16.5. The van der Waals surface area contributed by atoms with Crippen LogP contribution in [-0.2, 0) is 22.6 Å². The van der Waals surface area contributed by atoms with Crippen molar-refractivity contribution in [2.24, 2.45) is 0 Å². The van der Waals surface area contributed by atoms with Crippen molar-refractivity contribution in [2.45, 2.75) is 25.2 Å². The fraction of sp³-hybridized carbons (Fsp3) is 0.455. The van der Waals surface area contributed by atoms with Crippen LogP contribution in [0, 0.1) is 0 Å². The summed E-state index contributed by atoms with van der Waals surface area (Å²) in [4.78, 5) is 5.09. The molecule has 0 N–H and O–H groups in total. The van der Waals surface area contributed by atoms with Gasteiger partial charge in [-0.1, -0.05) is 60.7 Å². The summed E-state index contributed by atoms with van der Waals surface area (Å²) in [6, 6.07) is 22.1. The number of nitrogens with zero attached hydrogens (tertiary/aromatic N) is 2.